The topological polar surface area (TPSA) is 62.4 Å². The Labute approximate surface area is 199 Å². The number of rotatable bonds is 7. The Morgan fingerprint density at radius 3 is 2.44 bits per heavy atom. The van der Waals surface area contributed by atoms with E-state index in [-0.39, 0.29) is 0 Å². The number of nitrogens with zero attached hydrogens (tertiary/aromatic N) is 3. The zero-order valence-corrected chi connectivity index (χ0v) is 19.3. The molecule has 0 amide bonds. The number of aliphatic hydroxyl groups is 1. The van der Waals surface area contributed by atoms with Crippen LogP contribution in [0.5, 0.6) is 0 Å². The van der Waals surface area contributed by atoms with Gasteiger partial charge in [-0.1, -0.05) is 36.4 Å². The number of benzene rings is 2. The number of furan rings is 1. The molecule has 0 bridgehead atoms. The zero-order valence-electron chi connectivity index (χ0n) is 19.3. The van der Waals surface area contributed by atoms with Gasteiger partial charge in [-0.25, -0.2) is 4.98 Å². The van der Waals surface area contributed by atoms with Gasteiger partial charge < -0.3 is 14.4 Å². The predicted molar refractivity (Wildman–Crippen MR) is 135 cm³/mol. The maximum absolute atomic E-state index is 11.9. The van der Waals surface area contributed by atoms with Crippen molar-refractivity contribution in [2.45, 2.75) is 12.0 Å². The van der Waals surface area contributed by atoms with E-state index in [1.54, 1.807) is 12.5 Å². The fourth-order valence-electron chi connectivity index (χ4n) is 4.31. The van der Waals surface area contributed by atoms with Gasteiger partial charge in [0.25, 0.3) is 0 Å². The molecule has 0 aliphatic rings. The highest BCUT2D eigenvalue weighted by Crippen LogP contribution is 2.38. The molecule has 5 aromatic rings. The molecule has 5 rings (SSSR count). The van der Waals surface area contributed by atoms with E-state index in [0.29, 0.717) is 18.7 Å². The lowest BCUT2D eigenvalue weighted by molar-refractivity contribution is 0.0409. The quantitative estimate of drug-likeness (QED) is 0.343. The highest BCUT2D eigenvalue weighted by Gasteiger charge is 2.34. The smallest absolute Gasteiger partial charge is 0.148 e. The minimum Gasteiger partial charge on any atom is -0.466 e. The second kappa shape index (κ2) is 9.21. The van der Waals surface area contributed by atoms with E-state index in [9.17, 15) is 5.11 Å². The van der Waals surface area contributed by atoms with Crippen molar-refractivity contribution < 1.29 is 9.52 Å². The largest absolute Gasteiger partial charge is 0.466 e. The predicted octanol–water partition coefficient (Wildman–Crippen LogP) is 5.74. The first-order valence-electron chi connectivity index (χ1n) is 11.4. The van der Waals surface area contributed by atoms with Gasteiger partial charge in [-0.3, -0.25) is 4.98 Å². The second-order valence-corrected chi connectivity index (χ2v) is 8.79. The van der Waals surface area contributed by atoms with Crippen LogP contribution in [0, 0.1) is 0 Å². The lowest BCUT2D eigenvalue weighted by Gasteiger charge is -2.28. The van der Waals surface area contributed by atoms with Crippen molar-refractivity contribution in [1.29, 1.82) is 0 Å². The fraction of sp³-hybridized carbons (Fsp3) is 0.172. The number of hydrogen-bond acceptors (Lipinski definition) is 5. The van der Waals surface area contributed by atoms with Crippen molar-refractivity contribution in [3.8, 4) is 22.4 Å². The minimum atomic E-state index is -1.25. The number of aromatic nitrogens is 2. The molecule has 0 aliphatic carbocycles. The van der Waals surface area contributed by atoms with E-state index in [4.69, 9.17) is 9.40 Å². The van der Waals surface area contributed by atoms with Gasteiger partial charge in [0.15, 0.2) is 0 Å². The van der Waals surface area contributed by atoms with Crippen molar-refractivity contribution in [3.63, 3.8) is 0 Å². The summed E-state index contributed by atoms with van der Waals surface area (Å²) in [5, 5.41) is 12.9. The van der Waals surface area contributed by atoms with Crippen molar-refractivity contribution in [2.75, 3.05) is 20.6 Å². The Bertz CT molecular complexity index is 1380. The van der Waals surface area contributed by atoms with Crippen LogP contribution in [0.1, 0.15) is 17.7 Å². The van der Waals surface area contributed by atoms with Crippen LogP contribution in [0.4, 0.5) is 0 Å². The highest BCUT2D eigenvalue weighted by atomic mass is 16.4. The molecule has 0 spiro atoms. The van der Waals surface area contributed by atoms with Crippen molar-refractivity contribution in [3.05, 3.63) is 109 Å². The number of pyridine rings is 2. The van der Waals surface area contributed by atoms with Crippen molar-refractivity contribution in [1.82, 2.24) is 14.9 Å². The van der Waals surface area contributed by atoms with Crippen LogP contribution in [0.15, 0.2) is 102 Å². The van der Waals surface area contributed by atoms with E-state index >= 15 is 0 Å². The van der Waals surface area contributed by atoms with Crippen LogP contribution < -0.4 is 0 Å². The third-order valence-corrected chi connectivity index (χ3v) is 6.18. The summed E-state index contributed by atoms with van der Waals surface area (Å²) < 4.78 is 5.70. The van der Waals surface area contributed by atoms with Crippen LogP contribution in [0.3, 0.4) is 0 Å². The Morgan fingerprint density at radius 2 is 1.74 bits per heavy atom. The Morgan fingerprint density at radius 1 is 0.912 bits per heavy atom. The average molecular weight is 450 g/mol. The van der Waals surface area contributed by atoms with Crippen LogP contribution in [0.2, 0.25) is 0 Å². The van der Waals surface area contributed by atoms with Gasteiger partial charge in [-0.15, -0.1) is 0 Å². The van der Waals surface area contributed by atoms with E-state index < -0.39 is 5.60 Å². The lowest BCUT2D eigenvalue weighted by Crippen LogP contribution is -2.31. The molecule has 0 saturated carbocycles. The maximum Gasteiger partial charge on any atom is 0.148 e. The monoisotopic (exact) mass is 449 g/mol. The van der Waals surface area contributed by atoms with Crippen LogP contribution >= 0.6 is 0 Å². The molecule has 34 heavy (non-hydrogen) atoms. The Balaban J connectivity index is 1.72. The summed E-state index contributed by atoms with van der Waals surface area (Å²) in [4.78, 5) is 11.3. The summed E-state index contributed by atoms with van der Waals surface area (Å²) in [5.74, 6) is 0.537. The molecule has 2 aromatic carbocycles. The third-order valence-electron chi connectivity index (χ3n) is 6.18. The summed E-state index contributed by atoms with van der Waals surface area (Å²) in [6, 6.07) is 25.9. The van der Waals surface area contributed by atoms with Gasteiger partial charge in [0.05, 0.1) is 17.5 Å². The molecule has 1 atom stereocenters. The molecule has 0 saturated heterocycles. The van der Waals surface area contributed by atoms with Gasteiger partial charge in [-0.05, 0) is 73.3 Å². The first-order valence-corrected chi connectivity index (χ1v) is 11.4. The van der Waals surface area contributed by atoms with Crippen molar-refractivity contribution in [2.24, 2.45) is 0 Å². The first-order chi connectivity index (χ1) is 16.5. The normalized spacial score (nSPS) is 13.3. The Hall–Kier alpha value is -3.80. The molecule has 170 valence electrons. The molecule has 1 unspecified atom stereocenters. The van der Waals surface area contributed by atoms with E-state index in [1.807, 2.05) is 74.9 Å². The summed E-state index contributed by atoms with van der Waals surface area (Å²) in [6.07, 6.45) is 5.70. The molecule has 3 aromatic heterocycles. The highest BCUT2D eigenvalue weighted by molar-refractivity contribution is 5.97. The number of hydrogen-bond donors (Lipinski definition) is 1. The summed E-state index contributed by atoms with van der Waals surface area (Å²) in [5.41, 5.74) is 4.36. The summed E-state index contributed by atoms with van der Waals surface area (Å²) in [7, 11) is 4.00. The Kier molecular flexibility index (Phi) is 5.97. The molecule has 0 fully saturated rings. The van der Waals surface area contributed by atoms with Crippen LogP contribution in [-0.4, -0.2) is 40.6 Å². The van der Waals surface area contributed by atoms with E-state index in [2.05, 4.69) is 34.1 Å². The van der Waals surface area contributed by atoms with Gasteiger partial charge in [-0.2, -0.15) is 0 Å². The molecular formula is C29H27N3O2. The van der Waals surface area contributed by atoms with Gasteiger partial charge in [0.1, 0.15) is 11.4 Å². The number of fused-ring (bicyclic) bond motifs is 1. The summed E-state index contributed by atoms with van der Waals surface area (Å²) in [6.45, 7) is 0.707. The molecule has 0 aliphatic heterocycles. The third kappa shape index (κ3) is 4.23. The van der Waals surface area contributed by atoms with E-state index in [0.717, 1.165) is 38.9 Å². The van der Waals surface area contributed by atoms with Gasteiger partial charge >= 0.3 is 0 Å². The SMILES string of the molecule is CN(C)CCC(O)(c1ccc2nc(-c3cccnc3)cc(-c3ccccc3)c2c1)c1ccco1. The zero-order chi connectivity index (χ0) is 23.5. The minimum absolute atomic E-state index is 0.501. The summed E-state index contributed by atoms with van der Waals surface area (Å²) >= 11 is 0. The van der Waals surface area contributed by atoms with Crippen LogP contribution in [-0.2, 0) is 5.60 Å². The lowest BCUT2D eigenvalue weighted by atomic mass is 9.86. The average Bonchev–Trinajstić information content (AvgIpc) is 3.43. The maximum atomic E-state index is 11.9. The first kappa shape index (κ1) is 22.0. The molecule has 1 N–H and O–H groups in total. The molecule has 5 heteroatoms. The second-order valence-electron chi connectivity index (χ2n) is 8.79. The van der Waals surface area contributed by atoms with E-state index in [1.165, 1.54) is 0 Å². The van der Waals surface area contributed by atoms with Crippen LogP contribution in [0.25, 0.3) is 33.3 Å². The molecular weight excluding hydrogens is 422 g/mol. The molecule has 3 heterocycles. The molecule has 0 radical (unpaired) electrons. The van der Waals surface area contributed by atoms with Crippen molar-refractivity contribution >= 4 is 10.9 Å². The standard InChI is InChI=1S/C29H27N3O2/c1-32(2)16-14-29(33,28-11-7-17-34-28)23-12-13-26-25(18-23)24(21-8-4-3-5-9-21)19-27(31-26)22-10-6-15-30-20-22/h3-13,15,17-20,33H,14,16H2,1-2H3. The molecule has 5 nitrogen and oxygen atoms in total. The fourth-order valence-corrected chi connectivity index (χ4v) is 4.31. The van der Waals surface area contributed by atoms with Gasteiger partial charge in [0, 0.05) is 36.3 Å². The van der Waals surface area contributed by atoms with Gasteiger partial charge in [0.2, 0.25) is 0 Å².